The van der Waals surface area contributed by atoms with E-state index in [2.05, 4.69) is 4.74 Å². The van der Waals surface area contributed by atoms with Gasteiger partial charge in [-0.05, 0) is 0 Å². The number of hydrogen-bond donors (Lipinski definition) is 0. The van der Waals surface area contributed by atoms with Crippen LogP contribution in [0.25, 0.3) is 0 Å². The highest BCUT2D eigenvalue weighted by Crippen LogP contribution is 1.92. The molecule has 0 atom stereocenters. The van der Waals surface area contributed by atoms with E-state index in [1.54, 1.807) is 0 Å². The van der Waals surface area contributed by atoms with Crippen molar-refractivity contribution >= 4 is 18.7 Å². The number of ether oxygens (including phenoxy) is 1. The fraction of sp³-hybridized carbons (Fsp3) is 0.300. The molecule has 1 radical (unpaired) electrons. The van der Waals surface area contributed by atoms with Crippen molar-refractivity contribution in [1.82, 2.24) is 0 Å². The van der Waals surface area contributed by atoms with Gasteiger partial charge in [-0.15, -0.1) is 0 Å². The molecule has 0 amide bonds. The summed E-state index contributed by atoms with van der Waals surface area (Å²) >= 11 is 0. The maximum Gasteiger partial charge on any atom is 0.304 e. The molecule has 0 unspecified atom stereocenters. The van der Waals surface area contributed by atoms with Crippen LogP contribution in [0.3, 0.4) is 0 Å². The summed E-state index contributed by atoms with van der Waals surface area (Å²) in [5, 5.41) is 0. The first kappa shape index (κ1) is 9.84. The first-order valence-corrected chi connectivity index (χ1v) is 4.28. The Kier molecular flexibility index (Phi) is 4.09. The van der Waals surface area contributed by atoms with E-state index in [9.17, 15) is 4.79 Å². The van der Waals surface area contributed by atoms with Crippen molar-refractivity contribution in [2.24, 2.45) is 0 Å². The Bertz CT molecular complexity index is 259. The minimum absolute atomic E-state index is 0.160. The minimum Gasteiger partial charge on any atom is -0.469 e. The zero-order valence-electron chi connectivity index (χ0n) is 7.69. The molecule has 67 valence electrons. The molecule has 0 saturated carbocycles. The van der Waals surface area contributed by atoms with Crippen LogP contribution in [-0.4, -0.2) is 20.4 Å². The highest BCUT2D eigenvalue weighted by Gasteiger charge is 2.00. The number of carbonyl (C=O) groups is 1. The summed E-state index contributed by atoms with van der Waals surface area (Å²) in [5.41, 5.74) is 1.14. The van der Waals surface area contributed by atoms with Crippen LogP contribution in [0, 0.1) is 0 Å². The van der Waals surface area contributed by atoms with Gasteiger partial charge in [-0.3, -0.25) is 4.79 Å². The van der Waals surface area contributed by atoms with Crippen LogP contribution in [0.4, 0.5) is 0 Å². The molecule has 0 aromatic heterocycles. The Hall–Kier alpha value is -1.25. The summed E-state index contributed by atoms with van der Waals surface area (Å²) in [6, 6.07) is 9.94. The summed E-state index contributed by atoms with van der Waals surface area (Å²) < 4.78 is 4.53. The van der Waals surface area contributed by atoms with Crippen molar-refractivity contribution in [3.8, 4) is 0 Å². The Balaban J connectivity index is 2.24. The Morgan fingerprint density at radius 2 is 2.08 bits per heavy atom. The van der Waals surface area contributed by atoms with Gasteiger partial charge in [0.15, 0.2) is 7.28 Å². The summed E-state index contributed by atoms with van der Waals surface area (Å²) in [6.45, 7) is 0. The molecule has 0 N–H and O–H groups in total. The second-order valence-corrected chi connectivity index (χ2v) is 2.73. The third kappa shape index (κ3) is 3.79. The van der Waals surface area contributed by atoms with Crippen LogP contribution in [0.1, 0.15) is 6.42 Å². The quantitative estimate of drug-likeness (QED) is 0.504. The molecule has 0 saturated heterocycles. The number of carbonyl (C=O) groups excluding carboxylic acids is 1. The van der Waals surface area contributed by atoms with Crippen LogP contribution in [0.15, 0.2) is 30.3 Å². The number of esters is 1. The molecule has 1 aromatic carbocycles. The van der Waals surface area contributed by atoms with Gasteiger partial charge in [-0.25, -0.2) is 0 Å². The summed E-state index contributed by atoms with van der Waals surface area (Å²) in [4.78, 5) is 10.8. The third-order valence-corrected chi connectivity index (χ3v) is 1.76. The average molecular weight is 175 g/mol. The lowest BCUT2D eigenvalue weighted by Gasteiger charge is -1.98. The van der Waals surface area contributed by atoms with E-state index < -0.39 is 0 Å². The second-order valence-electron chi connectivity index (χ2n) is 2.73. The van der Waals surface area contributed by atoms with E-state index in [1.165, 1.54) is 7.11 Å². The van der Waals surface area contributed by atoms with Crippen molar-refractivity contribution < 1.29 is 9.53 Å². The molecule has 1 aromatic rings. The van der Waals surface area contributed by atoms with Crippen LogP contribution < -0.4 is 5.46 Å². The fourth-order valence-electron chi connectivity index (χ4n) is 1.05. The summed E-state index contributed by atoms with van der Waals surface area (Å²) in [7, 11) is 3.43. The molecule has 13 heavy (non-hydrogen) atoms. The molecule has 0 heterocycles. The van der Waals surface area contributed by atoms with Gasteiger partial charge in [-0.2, -0.15) is 0 Å². The lowest BCUT2D eigenvalue weighted by Crippen LogP contribution is -2.14. The monoisotopic (exact) mass is 175 g/mol. The standard InChI is InChI=1S/C10H12BO2/c1-13-10(12)7-8-11-9-5-3-2-4-6-9/h2-6H,7-8H2,1H3. The highest BCUT2D eigenvalue weighted by atomic mass is 16.5. The first-order valence-electron chi connectivity index (χ1n) is 4.28. The van der Waals surface area contributed by atoms with E-state index in [0.717, 1.165) is 11.8 Å². The normalized spacial score (nSPS) is 9.31. The third-order valence-electron chi connectivity index (χ3n) is 1.76. The van der Waals surface area contributed by atoms with Gasteiger partial charge in [0.05, 0.1) is 7.11 Å². The predicted molar refractivity (Wildman–Crippen MR) is 53.3 cm³/mol. The van der Waals surface area contributed by atoms with Crippen LogP contribution in [0.2, 0.25) is 6.32 Å². The van der Waals surface area contributed by atoms with Crippen molar-refractivity contribution in [3.05, 3.63) is 30.3 Å². The number of benzene rings is 1. The maximum atomic E-state index is 10.8. The smallest absolute Gasteiger partial charge is 0.304 e. The topological polar surface area (TPSA) is 26.3 Å². The van der Waals surface area contributed by atoms with Crippen molar-refractivity contribution in [1.29, 1.82) is 0 Å². The largest absolute Gasteiger partial charge is 0.469 e. The van der Waals surface area contributed by atoms with Crippen molar-refractivity contribution in [3.63, 3.8) is 0 Å². The molecule has 1 rings (SSSR count). The number of rotatable bonds is 4. The highest BCUT2D eigenvalue weighted by molar-refractivity contribution is 6.53. The van der Waals surface area contributed by atoms with Crippen molar-refractivity contribution in [2.75, 3.05) is 7.11 Å². The van der Waals surface area contributed by atoms with Crippen LogP contribution in [-0.2, 0) is 9.53 Å². The second kappa shape index (κ2) is 5.41. The van der Waals surface area contributed by atoms with Gasteiger partial charge in [0, 0.05) is 6.42 Å². The summed E-state index contributed by atoms with van der Waals surface area (Å²) in [6.07, 6.45) is 1.18. The molecular weight excluding hydrogens is 163 g/mol. The molecule has 0 aliphatic heterocycles. The van der Waals surface area contributed by atoms with Gasteiger partial charge < -0.3 is 4.74 Å². The SMILES string of the molecule is COC(=O)CC[B]c1ccccc1. The lowest BCUT2D eigenvalue weighted by atomic mass is 9.66. The molecule has 0 bridgehead atoms. The minimum atomic E-state index is -0.160. The van der Waals surface area contributed by atoms with E-state index in [-0.39, 0.29) is 5.97 Å². The predicted octanol–water partition coefficient (Wildman–Crippen LogP) is 0.997. The molecular formula is C10H12BO2. The molecule has 2 nitrogen and oxygen atoms in total. The molecule has 0 fully saturated rings. The summed E-state index contributed by atoms with van der Waals surface area (Å²) in [5.74, 6) is -0.160. The van der Waals surface area contributed by atoms with E-state index in [1.807, 2.05) is 37.6 Å². The zero-order chi connectivity index (χ0) is 9.52. The zero-order valence-corrected chi connectivity index (χ0v) is 7.69. The van der Waals surface area contributed by atoms with Gasteiger partial charge in [0.25, 0.3) is 0 Å². The van der Waals surface area contributed by atoms with Crippen LogP contribution >= 0.6 is 0 Å². The number of hydrogen-bond acceptors (Lipinski definition) is 2. The number of methoxy groups -OCH3 is 1. The van der Waals surface area contributed by atoms with Gasteiger partial charge in [-0.1, -0.05) is 42.1 Å². The molecule has 0 aliphatic carbocycles. The van der Waals surface area contributed by atoms with Crippen LogP contribution in [0.5, 0.6) is 0 Å². The van der Waals surface area contributed by atoms with E-state index in [0.29, 0.717) is 6.42 Å². The van der Waals surface area contributed by atoms with Gasteiger partial charge in [0.1, 0.15) is 0 Å². The van der Waals surface area contributed by atoms with Gasteiger partial charge in [0.2, 0.25) is 0 Å². The fourth-order valence-corrected chi connectivity index (χ4v) is 1.05. The van der Waals surface area contributed by atoms with Gasteiger partial charge >= 0.3 is 5.97 Å². The lowest BCUT2D eigenvalue weighted by molar-refractivity contribution is -0.140. The molecule has 0 aliphatic rings. The Morgan fingerprint density at radius 1 is 1.38 bits per heavy atom. The van der Waals surface area contributed by atoms with E-state index in [4.69, 9.17) is 0 Å². The Morgan fingerprint density at radius 3 is 2.69 bits per heavy atom. The maximum absolute atomic E-state index is 10.8. The average Bonchev–Trinajstić information content (AvgIpc) is 2.19. The van der Waals surface area contributed by atoms with E-state index >= 15 is 0 Å². The molecule has 3 heteroatoms. The molecule has 0 spiro atoms. The first-order chi connectivity index (χ1) is 6.33. The Labute approximate surface area is 79.2 Å². The van der Waals surface area contributed by atoms with Crippen molar-refractivity contribution in [2.45, 2.75) is 12.7 Å².